The fraction of sp³-hybridized carbons (Fsp3) is 0.706. The van der Waals surface area contributed by atoms with Gasteiger partial charge in [-0.3, -0.25) is 9.69 Å². The Kier molecular flexibility index (Phi) is 4.28. The summed E-state index contributed by atoms with van der Waals surface area (Å²) in [6.45, 7) is 8.86. The maximum atomic E-state index is 12.7. The quantitative estimate of drug-likeness (QED) is 0.906. The predicted molar refractivity (Wildman–Crippen MR) is 84.0 cm³/mol. The van der Waals surface area contributed by atoms with E-state index in [1.165, 1.54) is 0 Å². The fourth-order valence-corrected chi connectivity index (χ4v) is 3.87. The molecule has 1 aliphatic heterocycles. The summed E-state index contributed by atoms with van der Waals surface area (Å²) in [7, 11) is 0. The lowest BCUT2D eigenvalue weighted by molar-refractivity contribution is 0.0314. The summed E-state index contributed by atoms with van der Waals surface area (Å²) in [6, 6.07) is 0.289. The molecule has 1 aromatic rings. The molecule has 1 aromatic heterocycles. The van der Waals surface area contributed by atoms with Crippen molar-refractivity contribution in [2.45, 2.75) is 52.2 Å². The first kappa shape index (κ1) is 15.6. The third-order valence-corrected chi connectivity index (χ3v) is 5.29. The zero-order chi connectivity index (χ0) is 15.9. The van der Waals surface area contributed by atoms with Gasteiger partial charge in [-0.2, -0.15) is 0 Å². The molecule has 0 radical (unpaired) electrons. The summed E-state index contributed by atoms with van der Waals surface area (Å²) in [5, 5.41) is 10.0. The van der Waals surface area contributed by atoms with E-state index in [1.807, 2.05) is 25.7 Å². The summed E-state index contributed by atoms with van der Waals surface area (Å²) >= 11 is 0. The first-order chi connectivity index (χ1) is 10.5. The van der Waals surface area contributed by atoms with Crippen molar-refractivity contribution < 1.29 is 14.3 Å². The zero-order valence-electron chi connectivity index (χ0n) is 13.8. The predicted octanol–water partition coefficient (Wildman–Crippen LogP) is 1.88. The molecular formula is C17H26N2O3. The van der Waals surface area contributed by atoms with Crippen LogP contribution in [0.3, 0.4) is 0 Å². The Balaban J connectivity index is 1.65. The number of aryl methyl sites for hydroxylation is 2. The average Bonchev–Trinajstić information content (AvgIpc) is 3.03. The van der Waals surface area contributed by atoms with Gasteiger partial charge in [0.15, 0.2) is 0 Å². The molecule has 3 rings (SSSR count). The SMILES string of the molecule is Cc1oc(C)c(C(=O)N2CCN([C@H]3CCC[C@@H]3O)CC2)c1C. The average molecular weight is 306 g/mol. The van der Waals surface area contributed by atoms with E-state index in [9.17, 15) is 9.90 Å². The third kappa shape index (κ3) is 2.68. The first-order valence-electron chi connectivity index (χ1n) is 8.27. The first-order valence-corrected chi connectivity index (χ1v) is 8.27. The minimum Gasteiger partial charge on any atom is -0.466 e. The monoisotopic (exact) mass is 306 g/mol. The highest BCUT2D eigenvalue weighted by Gasteiger charge is 2.34. The summed E-state index contributed by atoms with van der Waals surface area (Å²) in [4.78, 5) is 17.0. The number of rotatable bonds is 2. The Morgan fingerprint density at radius 2 is 1.77 bits per heavy atom. The summed E-state index contributed by atoms with van der Waals surface area (Å²) in [5.74, 6) is 1.63. The van der Waals surface area contributed by atoms with E-state index in [4.69, 9.17) is 4.42 Å². The van der Waals surface area contributed by atoms with Gasteiger partial charge in [-0.15, -0.1) is 0 Å². The molecule has 1 saturated heterocycles. The van der Waals surface area contributed by atoms with Crippen LogP contribution in [0, 0.1) is 20.8 Å². The highest BCUT2D eigenvalue weighted by atomic mass is 16.3. The van der Waals surface area contributed by atoms with Crippen LogP contribution in [0.4, 0.5) is 0 Å². The number of piperazine rings is 1. The number of aliphatic hydroxyl groups excluding tert-OH is 1. The van der Waals surface area contributed by atoms with Gasteiger partial charge in [0.1, 0.15) is 11.5 Å². The molecule has 0 bridgehead atoms. The second-order valence-corrected chi connectivity index (χ2v) is 6.61. The second-order valence-electron chi connectivity index (χ2n) is 6.61. The lowest BCUT2D eigenvalue weighted by Crippen LogP contribution is -2.53. The van der Waals surface area contributed by atoms with E-state index in [0.29, 0.717) is 5.76 Å². The lowest BCUT2D eigenvalue weighted by atomic mass is 10.1. The van der Waals surface area contributed by atoms with Crippen LogP contribution in [0.25, 0.3) is 0 Å². The van der Waals surface area contributed by atoms with Crippen molar-refractivity contribution >= 4 is 5.91 Å². The zero-order valence-corrected chi connectivity index (χ0v) is 13.8. The molecule has 5 heteroatoms. The van der Waals surface area contributed by atoms with E-state index >= 15 is 0 Å². The van der Waals surface area contributed by atoms with Crippen LogP contribution in [0.2, 0.25) is 0 Å². The molecule has 2 atom stereocenters. The maximum absolute atomic E-state index is 12.7. The van der Waals surface area contributed by atoms with E-state index in [0.717, 1.165) is 62.3 Å². The van der Waals surface area contributed by atoms with Gasteiger partial charge >= 0.3 is 0 Å². The van der Waals surface area contributed by atoms with Crippen molar-refractivity contribution in [3.05, 3.63) is 22.6 Å². The number of hydrogen-bond donors (Lipinski definition) is 1. The number of amides is 1. The number of carbonyl (C=O) groups is 1. The molecule has 2 aliphatic rings. The van der Waals surface area contributed by atoms with Gasteiger partial charge in [-0.25, -0.2) is 0 Å². The van der Waals surface area contributed by atoms with Crippen LogP contribution in [0.15, 0.2) is 4.42 Å². The summed E-state index contributed by atoms with van der Waals surface area (Å²) in [6.07, 6.45) is 2.91. The second kappa shape index (κ2) is 6.05. The summed E-state index contributed by atoms with van der Waals surface area (Å²) in [5.41, 5.74) is 1.68. The normalized spacial score (nSPS) is 26.6. The van der Waals surface area contributed by atoms with Crippen LogP contribution in [-0.4, -0.2) is 59.1 Å². The molecule has 1 aliphatic carbocycles. The van der Waals surface area contributed by atoms with Gasteiger partial charge in [0.25, 0.3) is 5.91 Å². The van der Waals surface area contributed by atoms with Gasteiger partial charge in [-0.1, -0.05) is 0 Å². The lowest BCUT2D eigenvalue weighted by Gasteiger charge is -2.39. The van der Waals surface area contributed by atoms with Crippen molar-refractivity contribution in [3.8, 4) is 0 Å². The molecule has 1 saturated carbocycles. The molecule has 22 heavy (non-hydrogen) atoms. The van der Waals surface area contributed by atoms with Gasteiger partial charge in [-0.05, 0) is 40.0 Å². The topological polar surface area (TPSA) is 56.9 Å². The largest absolute Gasteiger partial charge is 0.466 e. The molecular weight excluding hydrogens is 280 g/mol. The van der Waals surface area contributed by atoms with Crippen molar-refractivity contribution in [1.29, 1.82) is 0 Å². The Bertz CT molecular complexity index is 558. The molecule has 5 nitrogen and oxygen atoms in total. The molecule has 0 unspecified atom stereocenters. The molecule has 1 amide bonds. The fourth-order valence-electron chi connectivity index (χ4n) is 3.87. The van der Waals surface area contributed by atoms with Crippen LogP contribution in [0.5, 0.6) is 0 Å². The van der Waals surface area contributed by atoms with Crippen LogP contribution in [-0.2, 0) is 0 Å². The van der Waals surface area contributed by atoms with Gasteiger partial charge in [0, 0.05) is 37.8 Å². The molecule has 2 heterocycles. The smallest absolute Gasteiger partial charge is 0.257 e. The minimum absolute atomic E-state index is 0.0819. The van der Waals surface area contributed by atoms with Gasteiger partial charge in [0.2, 0.25) is 0 Å². The van der Waals surface area contributed by atoms with Gasteiger partial charge in [0.05, 0.1) is 11.7 Å². The number of carbonyl (C=O) groups excluding carboxylic acids is 1. The number of furan rings is 1. The van der Waals surface area contributed by atoms with Crippen molar-refractivity contribution in [2.75, 3.05) is 26.2 Å². The Morgan fingerprint density at radius 1 is 1.09 bits per heavy atom. The minimum atomic E-state index is -0.191. The molecule has 122 valence electrons. The maximum Gasteiger partial charge on any atom is 0.257 e. The molecule has 2 fully saturated rings. The number of aliphatic hydroxyl groups is 1. The van der Waals surface area contributed by atoms with Crippen LogP contribution < -0.4 is 0 Å². The molecule has 0 spiro atoms. The Hall–Kier alpha value is -1.33. The highest BCUT2D eigenvalue weighted by Crippen LogP contribution is 2.26. The Labute approximate surface area is 131 Å². The molecule has 0 aromatic carbocycles. The van der Waals surface area contributed by atoms with Gasteiger partial charge < -0.3 is 14.4 Å². The van der Waals surface area contributed by atoms with Crippen LogP contribution >= 0.6 is 0 Å². The number of hydrogen-bond acceptors (Lipinski definition) is 4. The third-order valence-electron chi connectivity index (χ3n) is 5.29. The van der Waals surface area contributed by atoms with E-state index < -0.39 is 0 Å². The van der Waals surface area contributed by atoms with E-state index in [-0.39, 0.29) is 18.1 Å². The van der Waals surface area contributed by atoms with E-state index in [1.54, 1.807) is 0 Å². The number of nitrogens with zero attached hydrogens (tertiary/aromatic N) is 2. The highest BCUT2D eigenvalue weighted by molar-refractivity contribution is 5.97. The Morgan fingerprint density at radius 3 is 2.27 bits per heavy atom. The van der Waals surface area contributed by atoms with Crippen molar-refractivity contribution in [3.63, 3.8) is 0 Å². The van der Waals surface area contributed by atoms with Crippen molar-refractivity contribution in [1.82, 2.24) is 9.80 Å². The molecule has 1 N–H and O–H groups in total. The standard InChI is InChI=1S/C17H26N2O3/c1-11-12(2)22-13(3)16(11)17(21)19-9-7-18(8-10-19)14-5-4-6-15(14)20/h14-15,20H,4-10H2,1-3H3/t14-,15-/m0/s1. The van der Waals surface area contributed by atoms with Crippen molar-refractivity contribution in [2.24, 2.45) is 0 Å². The summed E-state index contributed by atoms with van der Waals surface area (Å²) < 4.78 is 5.58. The van der Waals surface area contributed by atoms with Crippen LogP contribution in [0.1, 0.15) is 46.7 Å². The van der Waals surface area contributed by atoms with E-state index in [2.05, 4.69) is 4.90 Å².